The van der Waals surface area contributed by atoms with Gasteiger partial charge in [0.05, 0.1) is 13.3 Å². The molecule has 0 saturated heterocycles. The van der Waals surface area contributed by atoms with Gasteiger partial charge in [-0.15, -0.1) is 0 Å². The number of nitrogens with two attached hydrogens (primary N) is 1. The molecule has 7 nitrogen and oxygen atoms in total. The molecule has 0 unspecified atom stereocenters. The summed E-state index contributed by atoms with van der Waals surface area (Å²) >= 11 is 3.22. The molecule has 1 aromatic carbocycles. The van der Waals surface area contributed by atoms with Crippen LogP contribution in [0.25, 0.3) is 0 Å². The van der Waals surface area contributed by atoms with E-state index in [0.29, 0.717) is 21.5 Å². The molecule has 0 atom stereocenters. The van der Waals surface area contributed by atoms with Crippen LogP contribution in [-0.4, -0.2) is 25.7 Å². The largest absolute Gasteiger partial charge is 0.495 e. The van der Waals surface area contributed by atoms with Crippen LogP contribution in [0, 0.1) is 6.92 Å². The van der Waals surface area contributed by atoms with Gasteiger partial charge in [-0.2, -0.15) is 5.10 Å². The van der Waals surface area contributed by atoms with Gasteiger partial charge >= 0.3 is 0 Å². The number of hydrogen-bond donors (Lipinski definition) is 3. The number of rotatable bonds is 4. The maximum absolute atomic E-state index is 12.4. The molecule has 1 heterocycles. The molecule has 0 aliphatic heterocycles. The Kier molecular flexibility index (Phi) is 3.91. The molecule has 0 saturated carbocycles. The zero-order valence-electron chi connectivity index (χ0n) is 10.8. The maximum atomic E-state index is 12.4. The summed E-state index contributed by atoms with van der Waals surface area (Å²) in [5, 5.41) is 6.33. The lowest BCUT2D eigenvalue weighted by molar-refractivity contribution is 0.402. The number of H-pyrrole nitrogens is 1. The molecule has 108 valence electrons. The fourth-order valence-corrected chi connectivity index (χ4v) is 3.16. The number of ether oxygens (including phenoxy) is 1. The second-order valence-corrected chi connectivity index (χ2v) is 6.56. The van der Waals surface area contributed by atoms with Crippen molar-refractivity contribution in [1.82, 2.24) is 10.2 Å². The van der Waals surface area contributed by atoms with Gasteiger partial charge in [0.15, 0.2) is 0 Å². The van der Waals surface area contributed by atoms with E-state index in [2.05, 4.69) is 30.8 Å². The smallest absolute Gasteiger partial charge is 0.266 e. The summed E-state index contributed by atoms with van der Waals surface area (Å²) in [7, 11) is -2.45. The summed E-state index contributed by atoms with van der Waals surface area (Å²) in [4.78, 5) is -0.0466. The van der Waals surface area contributed by atoms with Crippen molar-refractivity contribution in [2.45, 2.75) is 11.8 Å². The Morgan fingerprint density at radius 2 is 2.15 bits per heavy atom. The molecule has 0 amide bonds. The van der Waals surface area contributed by atoms with Crippen LogP contribution in [-0.2, 0) is 10.0 Å². The van der Waals surface area contributed by atoms with E-state index in [4.69, 9.17) is 10.5 Å². The molecule has 0 radical (unpaired) electrons. The zero-order valence-corrected chi connectivity index (χ0v) is 13.2. The fourth-order valence-electron chi connectivity index (χ4n) is 1.56. The van der Waals surface area contributed by atoms with E-state index >= 15 is 0 Å². The van der Waals surface area contributed by atoms with E-state index in [1.54, 1.807) is 6.92 Å². The summed E-state index contributed by atoms with van der Waals surface area (Å²) in [6, 6.07) is 2.83. The highest BCUT2D eigenvalue weighted by Gasteiger charge is 2.22. The first-order valence-corrected chi connectivity index (χ1v) is 7.78. The predicted molar refractivity (Wildman–Crippen MR) is 79.2 cm³/mol. The third kappa shape index (κ3) is 2.73. The van der Waals surface area contributed by atoms with Gasteiger partial charge in [0, 0.05) is 15.7 Å². The number of halogens is 1. The summed E-state index contributed by atoms with van der Waals surface area (Å²) in [6.07, 6.45) is 1.52. The number of sulfonamides is 1. The van der Waals surface area contributed by atoms with Crippen LogP contribution in [0.3, 0.4) is 0 Å². The van der Waals surface area contributed by atoms with Crippen molar-refractivity contribution in [2.24, 2.45) is 0 Å². The van der Waals surface area contributed by atoms with E-state index in [-0.39, 0.29) is 10.6 Å². The Hall–Kier alpha value is -1.74. The fraction of sp³-hybridized carbons (Fsp3) is 0.182. The second kappa shape index (κ2) is 5.33. The third-order valence-electron chi connectivity index (χ3n) is 2.64. The Labute approximate surface area is 124 Å². The minimum absolute atomic E-state index is 0.0466. The van der Waals surface area contributed by atoms with E-state index in [9.17, 15) is 8.42 Å². The Morgan fingerprint density at radius 3 is 2.70 bits per heavy atom. The lowest BCUT2D eigenvalue weighted by Crippen LogP contribution is -2.15. The standard InChI is InChI=1S/C11H13BrN4O3S/c1-6-5-14-15-11(6)16-20(17,18)10-4-8(13)7(12)3-9(10)19-2/h3-5H,13H2,1-2H3,(H2,14,15,16). The molecule has 20 heavy (non-hydrogen) atoms. The molecule has 9 heteroatoms. The number of hydrogen-bond acceptors (Lipinski definition) is 5. The predicted octanol–water partition coefficient (Wildman–Crippen LogP) is 1.87. The van der Waals surface area contributed by atoms with Crippen LogP contribution >= 0.6 is 15.9 Å². The normalized spacial score (nSPS) is 11.3. The number of nitrogens with zero attached hydrogens (tertiary/aromatic N) is 1. The number of nitrogen functional groups attached to an aromatic ring is 1. The van der Waals surface area contributed by atoms with E-state index in [1.165, 1.54) is 25.4 Å². The van der Waals surface area contributed by atoms with E-state index in [0.717, 1.165) is 0 Å². The molecular formula is C11H13BrN4O3S. The molecule has 0 fully saturated rings. The van der Waals surface area contributed by atoms with E-state index < -0.39 is 10.0 Å². The van der Waals surface area contributed by atoms with Crippen LogP contribution in [0.4, 0.5) is 11.5 Å². The average Bonchev–Trinajstić information content (AvgIpc) is 2.77. The van der Waals surface area contributed by atoms with Crippen LogP contribution in [0.1, 0.15) is 5.56 Å². The van der Waals surface area contributed by atoms with Crippen molar-refractivity contribution in [3.8, 4) is 5.75 Å². The van der Waals surface area contributed by atoms with Crippen LogP contribution < -0.4 is 15.2 Å². The molecule has 0 aliphatic rings. The van der Waals surface area contributed by atoms with Crippen molar-refractivity contribution >= 4 is 37.5 Å². The second-order valence-electron chi connectivity index (χ2n) is 4.06. The van der Waals surface area contributed by atoms with Crippen molar-refractivity contribution in [3.63, 3.8) is 0 Å². The maximum Gasteiger partial charge on any atom is 0.266 e. The highest BCUT2D eigenvalue weighted by atomic mass is 79.9. The van der Waals surface area contributed by atoms with Gasteiger partial charge in [-0.1, -0.05) is 0 Å². The zero-order chi connectivity index (χ0) is 14.9. The molecule has 0 aliphatic carbocycles. The summed E-state index contributed by atoms with van der Waals surface area (Å²) in [5.74, 6) is 0.490. The molecule has 2 rings (SSSR count). The Morgan fingerprint density at radius 1 is 1.45 bits per heavy atom. The first kappa shape index (κ1) is 14.7. The van der Waals surface area contributed by atoms with Crippen LogP contribution in [0.15, 0.2) is 27.7 Å². The highest BCUT2D eigenvalue weighted by Crippen LogP contribution is 2.33. The van der Waals surface area contributed by atoms with Gasteiger partial charge in [-0.3, -0.25) is 9.82 Å². The van der Waals surface area contributed by atoms with Crippen molar-refractivity contribution in [3.05, 3.63) is 28.4 Å². The molecule has 0 bridgehead atoms. The summed E-state index contributed by atoms with van der Waals surface area (Å²) < 4.78 is 32.8. The van der Waals surface area contributed by atoms with Crippen molar-refractivity contribution in [2.75, 3.05) is 17.6 Å². The minimum atomic E-state index is -3.83. The number of aromatic nitrogens is 2. The third-order valence-corrected chi connectivity index (χ3v) is 4.70. The SMILES string of the molecule is COc1cc(Br)c(N)cc1S(=O)(=O)Nc1[nH]ncc1C. The average molecular weight is 361 g/mol. The quantitative estimate of drug-likeness (QED) is 0.720. The number of anilines is 2. The van der Waals surface area contributed by atoms with Crippen LogP contribution in [0.5, 0.6) is 5.75 Å². The number of aromatic amines is 1. The van der Waals surface area contributed by atoms with Gasteiger partial charge in [0.1, 0.15) is 16.5 Å². The van der Waals surface area contributed by atoms with Crippen LogP contribution in [0.2, 0.25) is 0 Å². The van der Waals surface area contributed by atoms with Gasteiger partial charge in [-0.25, -0.2) is 8.42 Å². The first-order valence-electron chi connectivity index (χ1n) is 5.51. The van der Waals surface area contributed by atoms with Gasteiger partial charge < -0.3 is 10.5 Å². The van der Waals surface area contributed by atoms with E-state index in [1.807, 2.05) is 0 Å². The molecular weight excluding hydrogens is 348 g/mol. The summed E-state index contributed by atoms with van der Waals surface area (Å²) in [6.45, 7) is 1.73. The lowest BCUT2D eigenvalue weighted by atomic mass is 10.3. The Balaban J connectivity index is 2.49. The number of aryl methyl sites for hydroxylation is 1. The summed E-state index contributed by atoms with van der Waals surface area (Å²) in [5.41, 5.74) is 6.71. The number of benzene rings is 1. The number of methoxy groups -OCH3 is 1. The first-order chi connectivity index (χ1) is 9.35. The molecule has 0 spiro atoms. The lowest BCUT2D eigenvalue weighted by Gasteiger charge is -2.12. The van der Waals surface area contributed by atoms with Crippen molar-refractivity contribution in [1.29, 1.82) is 0 Å². The molecule has 2 aromatic rings. The molecule has 4 N–H and O–H groups in total. The van der Waals surface area contributed by atoms with Crippen molar-refractivity contribution < 1.29 is 13.2 Å². The topological polar surface area (TPSA) is 110 Å². The number of nitrogens with one attached hydrogen (secondary N) is 2. The molecule has 1 aromatic heterocycles. The monoisotopic (exact) mass is 360 g/mol. The van der Waals surface area contributed by atoms with Gasteiger partial charge in [0.2, 0.25) is 0 Å². The van der Waals surface area contributed by atoms with Gasteiger partial charge in [0.25, 0.3) is 10.0 Å². The minimum Gasteiger partial charge on any atom is -0.495 e. The van der Waals surface area contributed by atoms with Gasteiger partial charge in [-0.05, 0) is 35.0 Å². The Bertz CT molecular complexity index is 742. The highest BCUT2D eigenvalue weighted by molar-refractivity contribution is 9.10.